The molecular weight excluding hydrogens is 216 g/mol. The van der Waals surface area contributed by atoms with Gasteiger partial charge in [0.1, 0.15) is 0 Å². The van der Waals surface area contributed by atoms with Crippen molar-refractivity contribution in [3.05, 3.63) is 15.6 Å². The first-order chi connectivity index (χ1) is 7.70. The summed E-state index contributed by atoms with van der Waals surface area (Å²) in [6, 6.07) is 0. The van der Waals surface area contributed by atoms with Crippen molar-refractivity contribution in [2.45, 2.75) is 39.5 Å². The fraction of sp³-hybridized carbons (Fsp3) is 0.769. The fourth-order valence-electron chi connectivity index (χ4n) is 2.36. The SMILES string of the molecule is CNCCc1nc2c(s1)CC(C(C)C)CC2. The van der Waals surface area contributed by atoms with Gasteiger partial charge in [-0.3, -0.25) is 0 Å². The summed E-state index contributed by atoms with van der Waals surface area (Å²) in [6.07, 6.45) is 4.89. The first-order valence-corrected chi connectivity index (χ1v) is 7.14. The first-order valence-electron chi connectivity index (χ1n) is 6.32. The maximum atomic E-state index is 4.76. The molecule has 1 N–H and O–H groups in total. The molecule has 1 heterocycles. The van der Waals surface area contributed by atoms with Crippen molar-refractivity contribution in [1.82, 2.24) is 10.3 Å². The van der Waals surface area contributed by atoms with Crippen LogP contribution in [0.2, 0.25) is 0 Å². The van der Waals surface area contributed by atoms with Crippen molar-refractivity contribution >= 4 is 11.3 Å². The van der Waals surface area contributed by atoms with Crippen molar-refractivity contribution in [2.75, 3.05) is 13.6 Å². The summed E-state index contributed by atoms with van der Waals surface area (Å²) in [6.45, 7) is 5.73. The van der Waals surface area contributed by atoms with Crippen LogP contribution >= 0.6 is 11.3 Å². The summed E-state index contributed by atoms with van der Waals surface area (Å²) < 4.78 is 0. The maximum absolute atomic E-state index is 4.76. The number of aryl methyl sites for hydroxylation is 1. The third kappa shape index (κ3) is 2.64. The molecule has 1 atom stereocenters. The lowest BCUT2D eigenvalue weighted by Crippen LogP contribution is -2.17. The largest absolute Gasteiger partial charge is 0.319 e. The number of likely N-dealkylation sites (N-methyl/N-ethyl adjacent to an activating group) is 1. The van der Waals surface area contributed by atoms with Crippen LogP contribution in [0, 0.1) is 11.8 Å². The monoisotopic (exact) mass is 238 g/mol. The molecule has 2 rings (SSSR count). The molecule has 16 heavy (non-hydrogen) atoms. The van der Waals surface area contributed by atoms with Crippen LogP contribution in [0.4, 0.5) is 0 Å². The van der Waals surface area contributed by atoms with E-state index in [4.69, 9.17) is 4.98 Å². The molecule has 0 bridgehead atoms. The molecule has 1 unspecified atom stereocenters. The van der Waals surface area contributed by atoms with Crippen molar-refractivity contribution < 1.29 is 0 Å². The zero-order chi connectivity index (χ0) is 11.5. The number of hydrogen-bond acceptors (Lipinski definition) is 3. The Kier molecular flexibility index (Phi) is 3.98. The summed E-state index contributed by atoms with van der Waals surface area (Å²) >= 11 is 1.95. The average Bonchev–Trinajstić information content (AvgIpc) is 2.67. The van der Waals surface area contributed by atoms with Gasteiger partial charge in [-0.05, 0) is 38.1 Å². The summed E-state index contributed by atoms with van der Waals surface area (Å²) in [7, 11) is 2.00. The molecule has 90 valence electrons. The van der Waals surface area contributed by atoms with Crippen LogP contribution in [0.25, 0.3) is 0 Å². The first kappa shape index (κ1) is 12.1. The molecule has 2 nitrogen and oxygen atoms in total. The Morgan fingerprint density at radius 3 is 3.00 bits per heavy atom. The van der Waals surface area contributed by atoms with Crippen LogP contribution in [0.3, 0.4) is 0 Å². The molecular formula is C13H22N2S. The van der Waals surface area contributed by atoms with Gasteiger partial charge in [-0.15, -0.1) is 11.3 Å². The zero-order valence-electron chi connectivity index (χ0n) is 10.5. The Morgan fingerprint density at radius 2 is 2.31 bits per heavy atom. The highest BCUT2D eigenvalue weighted by molar-refractivity contribution is 7.11. The lowest BCUT2D eigenvalue weighted by Gasteiger charge is -2.24. The number of hydrogen-bond donors (Lipinski definition) is 1. The Balaban J connectivity index is 2.04. The predicted octanol–water partition coefficient (Wildman–Crippen LogP) is 2.67. The second-order valence-corrected chi connectivity index (χ2v) is 6.25. The van der Waals surface area contributed by atoms with Gasteiger partial charge in [0, 0.05) is 17.8 Å². The maximum Gasteiger partial charge on any atom is 0.0943 e. The Morgan fingerprint density at radius 1 is 1.50 bits per heavy atom. The predicted molar refractivity (Wildman–Crippen MR) is 70.1 cm³/mol. The van der Waals surface area contributed by atoms with Crippen LogP contribution in [0.15, 0.2) is 0 Å². The topological polar surface area (TPSA) is 24.9 Å². The van der Waals surface area contributed by atoms with Crippen molar-refractivity contribution in [1.29, 1.82) is 0 Å². The van der Waals surface area contributed by atoms with Crippen molar-refractivity contribution in [3.8, 4) is 0 Å². The molecule has 1 aromatic rings. The summed E-state index contributed by atoms with van der Waals surface area (Å²) in [5.41, 5.74) is 1.40. The van der Waals surface area contributed by atoms with Gasteiger partial charge in [-0.25, -0.2) is 4.98 Å². The van der Waals surface area contributed by atoms with E-state index in [9.17, 15) is 0 Å². The second kappa shape index (κ2) is 5.28. The van der Waals surface area contributed by atoms with E-state index in [0.29, 0.717) is 0 Å². The van der Waals surface area contributed by atoms with Crippen LogP contribution in [0.1, 0.15) is 35.8 Å². The van der Waals surface area contributed by atoms with Gasteiger partial charge < -0.3 is 5.32 Å². The van der Waals surface area contributed by atoms with Gasteiger partial charge in [0.05, 0.1) is 10.7 Å². The molecule has 0 aromatic carbocycles. The van der Waals surface area contributed by atoms with E-state index >= 15 is 0 Å². The van der Waals surface area contributed by atoms with E-state index in [0.717, 1.165) is 24.8 Å². The standard InChI is InChI=1S/C13H22N2S/c1-9(2)10-4-5-11-12(8-10)16-13(15-11)6-7-14-3/h9-10,14H,4-8H2,1-3H3. The molecule has 1 aromatic heterocycles. The third-order valence-corrected chi connectivity index (χ3v) is 4.73. The van der Waals surface area contributed by atoms with Crippen LogP contribution in [-0.4, -0.2) is 18.6 Å². The fourth-order valence-corrected chi connectivity index (χ4v) is 3.57. The summed E-state index contributed by atoms with van der Waals surface area (Å²) in [4.78, 5) is 6.33. The smallest absolute Gasteiger partial charge is 0.0943 e. The van der Waals surface area contributed by atoms with Gasteiger partial charge in [0.25, 0.3) is 0 Å². The van der Waals surface area contributed by atoms with Crippen LogP contribution in [0.5, 0.6) is 0 Å². The van der Waals surface area contributed by atoms with Crippen molar-refractivity contribution in [3.63, 3.8) is 0 Å². The summed E-state index contributed by atoms with van der Waals surface area (Å²) in [5.74, 6) is 1.70. The van der Waals surface area contributed by atoms with E-state index in [1.165, 1.54) is 30.0 Å². The number of thiazole rings is 1. The highest BCUT2D eigenvalue weighted by atomic mass is 32.1. The number of aromatic nitrogens is 1. The lowest BCUT2D eigenvalue weighted by atomic mass is 9.83. The van der Waals surface area contributed by atoms with Crippen molar-refractivity contribution in [2.24, 2.45) is 11.8 Å². The number of rotatable bonds is 4. The lowest BCUT2D eigenvalue weighted by molar-refractivity contribution is 0.344. The van der Waals surface area contributed by atoms with E-state index in [-0.39, 0.29) is 0 Å². The molecule has 0 radical (unpaired) electrons. The van der Waals surface area contributed by atoms with Gasteiger partial charge in [-0.1, -0.05) is 13.8 Å². The molecule has 0 aliphatic heterocycles. The number of fused-ring (bicyclic) bond motifs is 1. The second-order valence-electron chi connectivity index (χ2n) is 5.08. The normalized spacial score (nSPS) is 20.1. The Hall–Kier alpha value is -0.410. The molecule has 3 heteroatoms. The van der Waals surface area contributed by atoms with E-state index in [2.05, 4.69) is 19.2 Å². The molecule has 1 aliphatic rings. The Labute approximate surface area is 102 Å². The van der Waals surface area contributed by atoms with E-state index in [1.807, 2.05) is 18.4 Å². The molecule has 0 amide bonds. The van der Waals surface area contributed by atoms with Gasteiger partial charge in [0.2, 0.25) is 0 Å². The van der Waals surface area contributed by atoms with Gasteiger partial charge in [-0.2, -0.15) is 0 Å². The summed E-state index contributed by atoms with van der Waals surface area (Å²) in [5, 5.41) is 4.51. The number of nitrogens with zero attached hydrogens (tertiary/aromatic N) is 1. The third-order valence-electron chi connectivity index (χ3n) is 3.55. The highest BCUT2D eigenvalue weighted by Gasteiger charge is 2.24. The minimum Gasteiger partial charge on any atom is -0.319 e. The van der Waals surface area contributed by atoms with Gasteiger partial charge in [0.15, 0.2) is 0 Å². The molecule has 0 saturated carbocycles. The minimum atomic E-state index is 0.816. The zero-order valence-corrected chi connectivity index (χ0v) is 11.4. The quantitative estimate of drug-likeness (QED) is 0.872. The average molecular weight is 238 g/mol. The van der Waals surface area contributed by atoms with E-state index in [1.54, 1.807) is 4.88 Å². The molecule has 0 spiro atoms. The van der Waals surface area contributed by atoms with Crippen LogP contribution in [-0.2, 0) is 19.3 Å². The molecule has 0 fully saturated rings. The Bertz CT molecular complexity index is 344. The van der Waals surface area contributed by atoms with E-state index < -0.39 is 0 Å². The van der Waals surface area contributed by atoms with Crippen LogP contribution < -0.4 is 5.32 Å². The van der Waals surface area contributed by atoms with Gasteiger partial charge >= 0.3 is 0 Å². The number of nitrogens with one attached hydrogen (secondary N) is 1. The minimum absolute atomic E-state index is 0.816. The molecule has 1 aliphatic carbocycles. The molecule has 0 saturated heterocycles. The highest BCUT2D eigenvalue weighted by Crippen LogP contribution is 2.33.